The highest BCUT2D eigenvalue weighted by atomic mass is 32.2. The van der Waals surface area contributed by atoms with Gasteiger partial charge in [0.15, 0.2) is 5.16 Å². The lowest BCUT2D eigenvalue weighted by Gasteiger charge is -2.08. The van der Waals surface area contributed by atoms with E-state index < -0.39 is 0 Å². The summed E-state index contributed by atoms with van der Waals surface area (Å²) >= 11 is 1.67. The molecule has 3 nitrogen and oxygen atoms in total. The summed E-state index contributed by atoms with van der Waals surface area (Å²) in [5, 5.41) is 9.53. The zero-order valence-corrected chi connectivity index (χ0v) is 9.55. The van der Waals surface area contributed by atoms with Gasteiger partial charge in [0.05, 0.1) is 6.07 Å². The normalized spacial score (nSPS) is 17.1. The number of rotatable bonds is 4. The molecule has 0 amide bonds. The van der Waals surface area contributed by atoms with Gasteiger partial charge in [-0.1, -0.05) is 11.8 Å². The molecule has 1 aromatic heterocycles. The van der Waals surface area contributed by atoms with E-state index >= 15 is 0 Å². The van der Waals surface area contributed by atoms with E-state index in [4.69, 9.17) is 5.26 Å². The summed E-state index contributed by atoms with van der Waals surface area (Å²) in [6.07, 6.45) is 4.82. The number of thioether (sulfide) groups is 1. The number of nitrogens with zero attached hydrogens (tertiary/aromatic N) is 3. The molecular weight excluding hydrogens is 206 g/mol. The lowest BCUT2D eigenvalue weighted by Crippen LogP contribution is -2.03. The van der Waals surface area contributed by atoms with Crippen molar-refractivity contribution in [1.29, 1.82) is 5.26 Å². The van der Waals surface area contributed by atoms with Gasteiger partial charge >= 0.3 is 0 Å². The fourth-order valence-corrected chi connectivity index (χ4v) is 2.60. The first-order chi connectivity index (χ1) is 7.24. The van der Waals surface area contributed by atoms with Gasteiger partial charge in [-0.3, -0.25) is 0 Å². The maximum atomic E-state index is 8.69. The Labute approximate surface area is 93.9 Å². The second kappa shape index (κ2) is 4.19. The van der Waals surface area contributed by atoms with Crippen LogP contribution in [0.4, 0.5) is 0 Å². The molecule has 1 aliphatic carbocycles. The summed E-state index contributed by atoms with van der Waals surface area (Å²) in [6, 6.07) is 4.16. The molecule has 78 valence electrons. The molecule has 1 aromatic rings. The fraction of sp³-hybridized carbons (Fsp3) is 0.545. The van der Waals surface area contributed by atoms with Crippen LogP contribution in [0.2, 0.25) is 0 Å². The standard InChI is InChI=1S/C11H13N3S/c1-9-2-7-13-10(14-9)15-8-11(3-4-11)5-6-12/h2,7H,3-5,8H2,1H3. The van der Waals surface area contributed by atoms with Crippen molar-refractivity contribution >= 4 is 11.8 Å². The monoisotopic (exact) mass is 219 g/mol. The van der Waals surface area contributed by atoms with Crippen LogP contribution in [0.3, 0.4) is 0 Å². The Balaban J connectivity index is 1.91. The Hall–Kier alpha value is -1.08. The molecule has 0 N–H and O–H groups in total. The average Bonchev–Trinajstić information content (AvgIpc) is 2.97. The maximum Gasteiger partial charge on any atom is 0.187 e. The van der Waals surface area contributed by atoms with Crippen LogP contribution in [0.25, 0.3) is 0 Å². The first-order valence-electron chi connectivity index (χ1n) is 5.04. The molecule has 15 heavy (non-hydrogen) atoms. The largest absolute Gasteiger partial charge is 0.231 e. The minimum Gasteiger partial charge on any atom is -0.231 e. The molecule has 1 heterocycles. The van der Waals surface area contributed by atoms with E-state index in [9.17, 15) is 0 Å². The minimum atomic E-state index is 0.270. The van der Waals surface area contributed by atoms with Crippen molar-refractivity contribution in [2.75, 3.05) is 5.75 Å². The second-order valence-corrected chi connectivity index (χ2v) is 5.05. The summed E-state index contributed by atoms with van der Waals surface area (Å²) in [5.41, 5.74) is 1.27. The Morgan fingerprint density at radius 2 is 2.40 bits per heavy atom. The van der Waals surface area contributed by atoms with Crippen LogP contribution in [0.15, 0.2) is 17.4 Å². The number of aromatic nitrogens is 2. The van der Waals surface area contributed by atoms with E-state index in [2.05, 4.69) is 16.0 Å². The minimum absolute atomic E-state index is 0.270. The van der Waals surface area contributed by atoms with Crippen LogP contribution in [-0.2, 0) is 0 Å². The van der Waals surface area contributed by atoms with Crippen molar-refractivity contribution in [3.05, 3.63) is 18.0 Å². The highest BCUT2D eigenvalue weighted by Gasteiger charge is 2.42. The third-order valence-corrected chi connectivity index (χ3v) is 3.90. The van der Waals surface area contributed by atoms with E-state index in [-0.39, 0.29) is 5.41 Å². The molecule has 0 aromatic carbocycles. The highest BCUT2D eigenvalue weighted by Crippen LogP contribution is 2.51. The van der Waals surface area contributed by atoms with E-state index in [1.54, 1.807) is 18.0 Å². The smallest absolute Gasteiger partial charge is 0.187 e. The van der Waals surface area contributed by atoms with Gasteiger partial charge in [0.1, 0.15) is 0 Å². The Bertz CT molecular complexity index is 393. The van der Waals surface area contributed by atoms with Crippen LogP contribution in [0.5, 0.6) is 0 Å². The van der Waals surface area contributed by atoms with Gasteiger partial charge in [0, 0.05) is 24.1 Å². The molecule has 1 fully saturated rings. The van der Waals surface area contributed by atoms with E-state index in [0.717, 1.165) is 16.6 Å². The van der Waals surface area contributed by atoms with Crippen LogP contribution in [0, 0.1) is 23.7 Å². The molecule has 1 saturated carbocycles. The molecule has 0 atom stereocenters. The van der Waals surface area contributed by atoms with Crippen molar-refractivity contribution in [1.82, 2.24) is 9.97 Å². The number of nitriles is 1. The lowest BCUT2D eigenvalue weighted by atomic mass is 10.1. The van der Waals surface area contributed by atoms with Crippen molar-refractivity contribution in [2.24, 2.45) is 5.41 Å². The zero-order chi connectivity index (χ0) is 10.7. The molecule has 2 rings (SSSR count). The fourth-order valence-electron chi connectivity index (χ4n) is 1.43. The summed E-state index contributed by atoms with van der Waals surface area (Å²) in [6.45, 7) is 1.97. The summed E-state index contributed by atoms with van der Waals surface area (Å²) in [5.74, 6) is 0.976. The Morgan fingerprint density at radius 3 is 3.00 bits per heavy atom. The first kappa shape index (κ1) is 10.4. The quantitative estimate of drug-likeness (QED) is 0.577. The SMILES string of the molecule is Cc1ccnc(SCC2(CC#N)CC2)n1. The van der Waals surface area contributed by atoms with Gasteiger partial charge in [-0.25, -0.2) is 9.97 Å². The van der Waals surface area contributed by atoms with Crippen molar-refractivity contribution in [2.45, 2.75) is 31.3 Å². The zero-order valence-electron chi connectivity index (χ0n) is 8.73. The van der Waals surface area contributed by atoms with E-state index in [0.29, 0.717) is 6.42 Å². The highest BCUT2D eigenvalue weighted by molar-refractivity contribution is 7.99. The summed E-state index contributed by atoms with van der Waals surface area (Å²) < 4.78 is 0. The van der Waals surface area contributed by atoms with Crippen molar-refractivity contribution < 1.29 is 0 Å². The van der Waals surface area contributed by atoms with Crippen LogP contribution in [0.1, 0.15) is 25.0 Å². The number of hydrogen-bond donors (Lipinski definition) is 0. The Morgan fingerprint density at radius 1 is 1.60 bits per heavy atom. The van der Waals surface area contributed by atoms with E-state index in [1.807, 2.05) is 13.0 Å². The number of hydrogen-bond acceptors (Lipinski definition) is 4. The van der Waals surface area contributed by atoms with Gasteiger partial charge in [-0.05, 0) is 31.2 Å². The summed E-state index contributed by atoms with van der Waals surface area (Å²) in [7, 11) is 0. The average molecular weight is 219 g/mol. The molecule has 0 saturated heterocycles. The predicted octanol–water partition coefficient (Wildman–Crippen LogP) is 2.57. The van der Waals surface area contributed by atoms with Crippen molar-refractivity contribution in [3.8, 4) is 6.07 Å². The third kappa shape index (κ3) is 2.69. The van der Waals surface area contributed by atoms with E-state index in [1.165, 1.54) is 12.8 Å². The Kier molecular flexibility index (Phi) is 2.92. The van der Waals surface area contributed by atoms with Crippen LogP contribution >= 0.6 is 11.8 Å². The summed E-state index contributed by atoms with van der Waals surface area (Å²) in [4.78, 5) is 8.53. The van der Waals surface area contributed by atoms with Gasteiger partial charge in [0.2, 0.25) is 0 Å². The van der Waals surface area contributed by atoms with Gasteiger partial charge in [-0.2, -0.15) is 5.26 Å². The van der Waals surface area contributed by atoms with Crippen LogP contribution in [-0.4, -0.2) is 15.7 Å². The van der Waals surface area contributed by atoms with Crippen LogP contribution < -0.4 is 0 Å². The van der Waals surface area contributed by atoms with Crippen molar-refractivity contribution in [3.63, 3.8) is 0 Å². The topological polar surface area (TPSA) is 49.6 Å². The molecule has 0 unspecified atom stereocenters. The molecular formula is C11H13N3S. The predicted molar refractivity (Wildman–Crippen MR) is 59.4 cm³/mol. The molecule has 0 aliphatic heterocycles. The lowest BCUT2D eigenvalue weighted by molar-refractivity contribution is 0.603. The molecule has 0 bridgehead atoms. The first-order valence-corrected chi connectivity index (χ1v) is 6.02. The molecule has 4 heteroatoms. The van der Waals surface area contributed by atoms with Gasteiger partial charge in [0.25, 0.3) is 0 Å². The maximum absolute atomic E-state index is 8.69. The second-order valence-electron chi connectivity index (χ2n) is 4.10. The molecule has 0 spiro atoms. The molecule has 1 aliphatic rings. The van der Waals surface area contributed by atoms with Gasteiger partial charge < -0.3 is 0 Å². The third-order valence-electron chi connectivity index (χ3n) is 2.69. The van der Waals surface area contributed by atoms with Gasteiger partial charge in [-0.15, -0.1) is 0 Å². The molecule has 0 radical (unpaired) electrons. The number of aryl methyl sites for hydroxylation is 1.